The Hall–Kier alpha value is -3.34. The van der Waals surface area contributed by atoms with Crippen molar-refractivity contribution >= 4 is 11.9 Å². The number of hydrogen-bond donors (Lipinski definition) is 2. The molecule has 0 unspecified atom stereocenters. The van der Waals surface area contributed by atoms with Crippen LogP contribution in [-0.4, -0.2) is 23.0 Å². The molecule has 2 N–H and O–H groups in total. The minimum atomic E-state index is -4.47. The van der Waals surface area contributed by atoms with Crippen LogP contribution in [-0.2, 0) is 28.6 Å². The number of carbonyl (C=O) groups excluding carboxylic acids is 1. The van der Waals surface area contributed by atoms with Gasteiger partial charge in [-0.2, -0.15) is 18.4 Å². The summed E-state index contributed by atoms with van der Waals surface area (Å²) in [6.45, 7) is 0. The van der Waals surface area contributed by atoms with Crippen molar-refractivity contribution in [2.24, 2.45) is 0 Å². The van der Waals surface area contributed by atoms with Gasteiger partial charge in [-0.25, -0.2) is 4.79 Å². The quantitative estimate of drug-likeness (QED) is 0.811. The second-order valence-electron chi connectivity index (χ2n) is 5.80. The Bertz CT molecular complexity index is 871. The van der Waals surface area contributed by atoms with Gasteiger partial charge in [0.2, 0.25) is 5.91 Å². The first-order valence-electron chi connectivity index (χ1n) is 7.87. The van der Waals surface area contributed by atoms with E-state index in [1.807, 2.05) is 6.07 Å². The molecule has 0 spiro atoms. The van der Waals surface area contributed by atoms with E-state index in [0.717, 1.165) is 12.1 Å². The fraction of sp³-hybridized carbons (Fsp3) is 0.211. The van der Waals surface area contributed by atoms with Gasteiger partial charge in [0.1, 0.15) is 6.04 Å². The first-order chi connectivity index (χ1) is 12.7. The summed E-state index contributed by atoms with van der Waals surface area (Å²) in [7, 11) is 0. The van der Waals surface area contributed by atoms with E-state index in [1.54, 1.807) is 18.2 Å². The number of nitrogens with one attached hydrogen (secondary N) is 1. The van der Waals surface area contributed by atoms with Gasteiger partial charge >= 0.3 is 12.1 Å². The van der Waals surface area contributed by atoms with Crippen molar-refractivity contribution in [1.29, 1.82) is 5.26 Å². The summed E-state index contributed by atoms with van der Waals surface area (Å²) < 4.78 is 37.6. The van der Waals surface area contributed by atoms with Gasteiger partial charge in [0, 0.05) is 6.42 Å². The van der Waals surface area contributed by atoms with Crippen LogP contribution in [0.25, 0.3) is 0 Å². The van der Waals surface area contributed by atoms with Gasteiger partial charge < -0.3 is 10.4 Å². The van der Waals surface area contributed by atoms with Crippen LogP contribution in [0.3, 0.4) is 0 Å². The SMILES string of the molecule is N#Cc1ccccc1C[C@H](NC(=O)Cc1ccc(C(F)(F)F)cc1)C(=O)O. The van der Waals surface area contributed by atoms with E-state index in [9.17, 15) is 27.9 Å². The zero-order valence-corrected chi connectivity index (χ0v) is 14.0. The summed E-state index contributed by atoms with van der Waals surface area (Å²) in [6, 6.07) is 11.2. The predicted octanol–water partition coefficient (Wildman–Crippen LogP) is 2.93. The Balaban J connectivity index is 2.05. The number of hydrogen-bond acceptors (Lipinski definition) is 3. The van der Waals surface area contributed by atoms with Crippen molar-refractivity contribution < 1.29 is 27.9 Å². The minimum absolute atomic E-state index is 0.0855. The molecule has 2 aromatic rings. The first kappa shape index (κ1) is 20.0. The standard InChI is InChI=1S/C19H15F3N2O3/c20-19(21,22)15-7-5-12(6-8-15)9-17(25)24-16(18(26)27)10-13-3-1-2-4-14(13)11-23/h1-8,16H,9-10H2,(H,24,25)(H,26,27)/t16-/m0/s1. The summed E-state index contributed by atoms with van der Waals surface area (Å²) in [5.41, 5.74) is 0.271. The van der Waals surface area contributed by atoms with Gasteiger partial charge in [-0.15, -0.1) is 0 Å². The molecular weight excluding hydrogens is 361 g/mol. The number of nitriles is 1. The van der Waals surface area contributed by atoms with Crippen LogP contribution >= 0.6 is 0 Å². The van der Waals surface area contributed by atoms with Gasteiger partial charge in [-0.3, -0.25) is 4.79 Å². The third-order valence-corrected chi connectivity index (χ3v) is 3.84. The second-order valence-corrected chi connectivity index (χ2v) is 5.80. The second kappa shape index (κ2) is 8.36. The molecule has 140 valence electrons. The molecule has 0 aliphatic carbocycles. The van der Waals surface area contributed by atoms with Gasteiger partial charge in [0.25, 0.3) is 0 Å². The maximum Gasteiger partial charge on any atom is 0.416 e. The predicted molar refractivity (Wildman–Crippen MR) is 89.6 cm³/mol. The Morgan fingerprint density at radius 3 is 2.30 bits per heavy atom. The van der Waals surface area contributed by atoms with Crippen LogP contribution in [0, 0.1) is 11.3 Å². The Morgan fingerprint density at radius 2 is 1.74 bits per heavy atom. The molecule has 0 aromatic heterocycles. The van der Waals surface area contributed by atoms with E-state index in [4.69, 9.17) is 5.26 Å². The van der Waals surface area contributed by atoms with Crippen LogP contribution in [0.5, 0.6) is 0 Å². The smallest absolute Gasteiger partial charge is 0.416 e. The molecule has 27 heavy (non-hydrogen) atoms. The lowest BCUT2D eigenvalue weighted by molar-refractivity contribution is -0.141. The number of carbonyl (C=O) groups is 2. The zero-order chi connectivity index (χ0) is 20.0. The maximum absolute atomic E-state index is 12.5. The lowest BCUT2D eigenvalue weighted by Crippen LogP contribution is -2.43. The molecule has 0 saturated carbocycles. The molecule has 2 aromatic carbocycles. The third kappa shape index (κ3) is 5.57. The van der Waals surface area contributed by atoms with E-state index in [0.29, 0.717) is 16.7 Å². The molecule has 8 heteroatoms. The molecule has 0 heterocycles. The third-order valence-electron chi connectivity index (χ3n) is 3.84. The minimum Gasteiger partial charge on any atom is -0.480 e. The molecule has 5 nitrogen and oxygen atoms in total. The van der Waals surface area contributed by atoms with Crippen LogP contribution in [0.4, 0.5) is 13.2 Å². The molecule has 2 rings (SSSR count). The summed E-state index contributed by atoms with van der Waals surface area (Å²) >= 11 is 0. The van der Waals surface area contributed by atoms with Crippen molar-refractivity contribution in [2.75, 3.05) is 0 Å². The molecule has 0 radical (unpaired) electrons. The van der Waals surface area contributed by atoms with Crippen LogP contribution in [0.15, 0.2) is 48.5 Å². The number of amides is 1. The largest absolute Gasteiger partial charge is 0.480 e. The average Bonchev–Trinajstić information content (AvgIpc) is 2.61. The van der Waals surface area contributed by atoms with E-state index in [2.05, 4.69) is 5.32 Å². The molecule has 0 bridgehead atoms. The lowest BCUT2D eigenvalue weighted by Gasteiger charge is -2.15. The van der Waals surface area contributed by atoms with E-state index in [-0.39, 0.29) is 12.8 Å². The number of carboxylic acid groups (broad SMARTS) is 1. The fourth-order valence-electron chi connectivity index (χ4n) is 2.47. The molecule has 0 saturated heterocycles. The number of halogens is 3. The zero-order valence-electron chi connectivity index (χ0n) is 14.0. The van der Waals surface area contributed by atoms with Gasteiger partial charge in [0.15, 0.2) is 0 Å². The highest BCUT2D eigenvalue weighted by molar-refractivity contribution is 5.85. The van der Waals surface area contributed by atoms with E-state index in [1.165, 1.54) is 18.2 Å². The summed E-state index contributed by atoms with van der Waals surface area (Å²) in [5, 5.41) is 20.7. The highest BCUT2D eigenvalue weighted by Crippen LogP contribution is 2.29. The number of rotatable bonds is 6. The van der Waals surface area contributed by atoms with Gasteiger partial charge in [-0.1, -0.05) is 30.3 Å². The monoisotopic (exact) mass is 376 g/mol. The van der Waals surface area contributed by atoms with Crippen molar-refractivity contribution in [2.45, 2.75) is 25.1 Å². The average molecular weight is 376 g/mol. The summed E-state index contributed by atoms with van der Waals surface area (Å²) in [4.78, 5) is 23.5. The highest BCUT2D eigenvalue weighted by Gasteiger charge is 2.30. The number of alkyl halides is 3. The van der Waals surface area contributed by atoms with Crippen LogP contribution < -0.4 is 5.32 Å². The Kier molecular flexibility index (Phi) is 6.19. The Morgan fingerprint density at radius 1 is 1.11 bits per heavy atom. The van der Waals surface area contributed by atoms with Crippen LogP contribution in [0.2, 0.25) is 0 Å². The fourth-order valence-corrected chi connectivity index (χ4v) is 2.47. The van der Waals surface area contributed by atoms with Gasteiger partial charge in [0.05, 0.1) is 23.6 Å². The number of benzene rings is 2. The lowest BCUT2D eigenvalue weighted by atomic mass is 10.0. The van der Waals surface area contributed by atoms with E-state index >= 15 is 0 Å². The topological polar surface area (TPSA) is 90.2 Å². The van der Waals surface area contributed by atoms with E-state index < -0.39 is 29.7 Å². The molecule has 1 atom stereocenters. The van der Waals surface area contributed by atoms with Crippen molar-refractivity contribution in [3.05, 3.63) is 70.8 Å². The molecule has 0 aliphatic rings. The highest BCUT2D eigenvalue weighted by atomic mass is 19.4. The summed E-state index contributed by atoms with van der Waals surface area (Å²) in [5.74, 6) is -1.92. The molecule has 1 amide bonds. The van der Waals surface area contributed by atoms with Crippen molar-refractivity contribution in [3.8, 4) is 6.07 Å². The molecule has 0 aliphatic heterocycles. The number of aliphatic carboxylic acids is 1. The van der Waals surface area contributed by atoms with Crippen LogP contribution in [0.1, 0.15) is 22.3 Å². The molecule has 0 fully saturated rings. The first-order valence-corrected chi connectivity index (χ1v) is 7.87. The van der Waals surface area contributed by atoms with Crippen molar-refractivity contribution in [3.63, 3.8) is 0 Å². The number of nitrogens with zero attached hydrogens (tertiary/aromatic N) is 1. The molecular formula is C19H15F3N2O3. The summed E-state index contributed by atoms with van der Waals surface area (Å²) in [6.07, 6.45) is -4.82. The van der Waals surface area contributed by atoms with Crippen molar-refractivity contribution in [1.82, 2.24) is 5.32 Å². The van der Waals surface area contributed by atoms with Gasteiger partial charge in [-0.05, 0) is 29.3 Å². The normalized spacial score (nSPS) is 12.1. The number of carboxylic acids is 1. The Labute approximate surface area is 153 Å². The maximum atomic E-state index is 12.5.